The second-order valence-corrected chi connectivity index (χ2v) is 4.12. The van der Waals surface area contributed by atoms with E-state index in [1.807, 2.05) is 0 Å². The van der Waals surface area contributed by atoms with E-state index in [9.17, 15) is 19.2 Å². The molecule has 0 N–H and O–H groups in total. The molecule has 6 nitrogen and oxygen atoms in total. The predicted octanol–water partition coefficient (Wildman–Crippen LogP) is 0.441. The van der Waals surface area contributed by atoms with Crippen LogP contribution in [0.3, 0.4) is 0 Å². The summed E-state index contributed by atoms with van der Waals surface area (Å²) in [6.07, 6.45) is 3.84. The van der Waals surface area contributed by atoms with Crippen molar-refractivity contribution in [3.05, 3.63) is 34.6 Å². The molecule has 0 fully saturated rings. The highest BCUT2D eigenvalue weighted by molar-refractivity contribution is 6.47. The van der Waals surface area contributed by atoms with Crippen molar-refractivity contribution < 1.29 is 19.2 Å². The molecule has 8 heteroatoms. The van der Waals surface area contributed by atoms with Crippen molar-refractivity contribution in [2.75, 3.05) is 0 Å². The molecule has 0 unspecified atom stereocenters. The molecule has 0 saturated carbocycles. The first kappa shape index (κ1) is 12.5. The van der Waals surface area contributed by atoms with Crippen LogP contribution in [-0.4, -0.2) is 33.4 Å². The van der Waals surface area contributed by atoms with Crippen molar-refractivity contribution in [2.45, 2.75) is 0 Å². The van der Waals surface area contributed by atoms with Gasteiger partial charge >= 0.3 is 0 Å². The smallest absolute Gasteiger partial charge is 0.269 e. The lowest BCUT2D eigenvalue weighted by atomic mass is 10.5. The topological polar surface area (TPSA) is 74.8 Å². The standard InChI is InChI=1S/C10H4Cl2N2O4/c11-5-3-7(15)13(9(5)17)1-2-14-8(16)4-6(12)10(14)18/h1-4H. The highest BCUT2D eigenvalue weighted by Crippen LogP contribution is 2.19. The summed E-state index contributed by atoms with van der Waals surface area (Å²) < 4.78 is 0. The van der Waals surface area contributed by atoms with E-state index in [4.69, 9.17) is 23.2 Å². The number of hydrogen-bond acceptors (Lipinski definition) is 4. The van der Waals surface area contributed by atoms with Crippen molar-refractivity contribution in [2.24, 2.45) is 0 Å². The molecule has 0 aromatic heterocycles. The van der Waals surface area contributed by atoms with Gasteiger partial charge in [0.15, 0.2) is 0 Å². The molecule has 0 aromatic carbocycles. The lowest BCUT2D eigenvalue weighted by molar-refractivity contribution is -0.136. The summed E-state index contributed by atoms with van der Waals surface area (Å²) in [7, 11) is 0. The Morgan fingerprint density at radius 2 is 1.11 bits per heavy atom. The molecule has 0 aliphatic carbocycles. The highest BCUT2D eigenvalue weighted by atomic mass is 35.5. The Morgan fingerprint density at radius 1 is 0.778 bits per heavy atom. The summed E-state index contributed by atoms with van der Waals surface area (Å²) in [5, 5.41) is -0.472. The van der Waals surface area contributed by atoms with Gasteiger partial charge in [0, 0.05) is 24.6 Å². The molecule has 2 aliphatic heterocycles. The third-order valence-electron chi connectivity index (χ3n) is 2.19. The Labute approximate surface area is 111 Å². The molecule has 0 spiro atoms. The van der Waals surface area contributed by atoms with E-state index >= 15 is 0 Å². The Bertz CT molecular complexity index is 526. The molecule has 2 aliphatic rings. The molecular formula is C10H4Cl2N2O4. The number of imide groups is 2. The van der Waals surface area contributed by atoms with Crippen LogP contribution in [0.1, 0.15) is 0 Å². The van der Waals surface area contributed by atoms with E-state index < -0.39 is 23.6 Å². The Morgan fingerprint density at radius 3 is 1.33 bits per heavy atom. The zero-order chi connectivity index (χ0) is 13.4. The summed E-state index contributed by atoms with van der Waals surface area (Å²) in [5.41, 5.74) is 0. The van der Waals surface area contributed by atoms with E-state index in [2.05, 4.69) is 0 Å². The number of carbonyl (C=O) groups excluding carboxylic acids is 4. The molecule has 0 bridgehead atoms. The molecule has 4 amide bonds. The van der Waals surface area contributed by atoms with Crippen molar-refractivity contribution in [3.8, 4) is 0 Å². The number of hydrogen-bond donors (Lipinski definition) is 0. The lowest BCUT2D eigenvalue weighted by Gasteiger charge is -2.11. The largest absolute Gasteiger partial charge is 0.276 e. The average molecular weight is 287 g/mol. The first-order valence-corrected chi connectivity index (χ1v) is 5.35. The first-order valence-electron chi connectivity index (χ1n) is 4.59. The quantitative estimate of drug-likeness (QED) is 0.691. The third kappa shape index (κ3) is 1.96. The van der Waals surface area contributed by atoms with E-state index in [1.54, 1.807) is 0 Å². The minimum atomic E-state index is -0.726. The van der Waals surface area contributed by atoms with Crippen molar-refractivity contribution >= 4 is 46.8 Å². The van der Waals surface area contributed by atoms with Crippen molar-refractivity contribution in [3.63, 3.8) is 0 Å². The monoisotopic (exact) mass is 286 g/mol. The molecule has 18 heavy (non-hydrogen) atoms. The van der Waals surface area contributed by atoms with E-state index in [-0.39, 0.29) is 10.1 Å². The highest BCUT2D eigenvalue weighted by Gasteiger charge is 2.31. The van der Waals surface area contributed by atoms with Gasteiger partial charge in [-0.3, -0.25) is 19.2 Å². The molecule has 0 atom stereocenters. The fraction of sp³-hybridized carbons (Fsp3) is 0. The summed E-state index contributed by atoms with van der Waals surface area (Å²) in [4.78, 5) is 46.7. The van der Waals surface area contributed by atoms with Gasteiger partial charge in [-0.05, 0) is 0 Å². The Balaban J connectivity index is 2.15. The number of halogens is 2. The number of rotatable bonds is 2. The zero-order valence-corrected chi connectivity index (χ0v) is 10.1. The van der Waals surface area contributed by atoms with Crippen molar-refractivity contribution in [1.82, 2.24) is 9.80 Å². The summed E-state index contributed by atoms with van der Waals surface area (Å²) in [6, 6.07) is 0. The van der Waals surface area contributed by atoms with Gasteiger partial charge in [-0.25, -0.2) is 9.80 Å². The number of nitrogens with zero attached hydrogens (tertiary/aromatic N) is 2. The number of amides is 4. The minimum Gasteiger partial charge on any atom is -0.269 e. The second kappa shape index (κ2) is 4.40. The molecule has 2 rings (SSSR count). The molecule has 0 radical (unpaired) electrons. The Hall–Kier alpha value is -1.92. The van der Waals surface area contributed by atoms with E-state index in [0.29, 0.717) is 9.80 Å². The molecule has 0 saturated heterocycles. The van der Waals surface area contributed by atoms with Crippen LogP contribution in [0.5, 0.6) is 0 Å². The fourth-order valence-electron chi connectivity index (χ4n) is 1.33. The maximum absolute atomic E-state index is 11.4. The Kier molecular flexibility index (Phi) is 3.06. The van der Waals surface area contributed by atoms with Gasteiger partial charge in [0.1, 0.15) is 10.1 Å². The summed E-state index contributed by atoms with van der Waals surface area (Å²) in [5.74, 6) is -2.76. The normalized spacial score (nSPS) is 20.3. The molecule has 2 heterocycles. The average Bonchev–Trinajstić information content (AvgIpc) is 2.67. The predicted molar refractivity (Wildman–Crippen MR) is 60.7 cm³/mol. The molecule has 0 aromatic rings. The van der Waals surface area contributed by atoms with Gasteiger partial charge in [0.25, 0.3) is 23.6 Å². The second-order valence-electron chi connectivity index (χ2n) is 3.31. The van der Waals surface area contributed by atoms with Crippen LogP contribution in [0.25, 0.3) is 0 Å². The lowest BCUT2D eigenvalue weighted by Crippen LogP contribution is -2.29. The SMILES string of the molecule is O=C1C=C(Cl)C(=O)N1C=CN1C(=O)C=C(Cl)C1=O. The van der Waals surface area contributed by atoms with E-state index in [1.165, 1.54) is 0 Å². The molecular weight excluding hydrogens is 283 g/mol. The first-order chi connectivity index (χ1) is 8.41. The van der Waals surface area contributed by atoms with Gasteiger partial charge in [-0.2, -0.15) is 0 Å². The third-order valence-corrected chi connectivity index (χ3v) is 2.73. The van der Waals surface area contributed by atoms with Crippen LogP contribution in [0, 0.1) is 0 Å². The zero-order valence-electron chi connectivity index (χ0n) is 8.59. The van der Waals surface area contributed by atoms with Crippen LogP contribution in [-0.2, 0) is 19.2 Å². The van der Waals surface area contributed by atoms with Gasteiger partial charge in [-0.1, -0.05) is 23.2 Å². The summed E-state index contributed by atoms with van der Waals surface area (Å²) >= 11 is 10.9. The van der Waals surface area contributed by atoms with Gasteiger partial charge in [-0.15, -0.1) is 0 Å². The maximum Gasteiger partial charge on any atom is 0.276 e. The summed E-state index contributed by atoms with van der Waals surface area (Å²) in [6.45, 7) is 0. The van der Waals surface area contributed by atoms with Gasteiger partial charge < -0.3 is 0 Å². The van der Waals surface area contributed by atoms with Crippen molar-refractivity contribution in [1.29, 1.82) is 0 Å². The van der Waals surface area contributed by atoms with Crippen LogP contribution in [0.4, 0.5) is 0 Å². The van der Waals surface area contributed by atoms with Crippen LogP contribution >= 0.6 is 23.2 Å². The maximum atomic E-state index is 11.4. The van der Waals surface area contributed by atoms with E-state index in [0.717, 1.165) is 24.6 Å². The van der Waals surface area contributed by atoms with Gasteiger partial charge in [0.2, 0.25) is 0 Å². The van der Waals surface area contributed by atoms with Crippen LogP contribution < -0.4 is 0 Å². The fourth-order valence-corrected chi connectivity index (χ4v) is 1.69. The molecule has 92 valence electrons. The van der Waals surface area contributed by atoms with Crippen LogP contribution in [0.15, 0.2) is 34.6 Å². The van der Waals surface area contributed by atoms with Crippen LogP contribution in [0.2, 0.25) is 0 Å². The minimum absolute atomic E-state index is 0.236. The number of carbonyl (C=O) groups is 4. The van der Waals surface area contributed by atoms with Gasteiger partial charge in [0.05, 0.1) is 0 Å².